The molecule has 0 fully saturated rings. The lowest BCUT2D eigenvalue weighted by Gasteiger charge is -2.19. The largest absolute Gasteiger partial charge is 0.496 e. The maximum absolute atomic E-state index is 13.1. The molecule has 0 aromatic heterocycles. The smallest absolute Gasteiger partial charge is 0.420 e. The first kappa shape index (κ1) is 22.7. The molecule has 1 aliphatic rings. The Labute approximate surface area is 170 Å². The molecule has 30 heavy (non-hydrogen) atoms. The summed E-state index contributed by atoms with van der Waals surface area (Å²) in [6.45, 7) is 1.67. The van der Waals surface area contributed by atoms with Crippen molar-refractivity contribution in [2.45, 2.75) is 19.5 Å². The van der Waals surface area contributed by atoms with Crippen molar-refractivity contribution in [1.82, 2.24) is 5.43 Å². The molecule has 3 rings (SSSR count). The third kappa shape index (κ3) is 5.72. The molecule has 2 aromatic carbocycles. The second-order valence-corrected chi connectivity index (χ2v) is 6.36. The van der Waals surface area contributed by atoms with Crippen LogP contribution in [-0.4, -0.2) is 30.3 Å². The van der Waals surface area contributed by atoms with E-state index >= 15 is 0 Å². The van der Waals surface area contributed by atoms with Crippen LogP contribution in [-0.2, 0) is 15.8 Å². The number of carbonyl (C=O) groups excluding carboxylic acids is 1. The predicted molar refractivity (Wildman–Crippen MR) is 105 cm³/mol. The van der Waals surface area contributed by atoms with Gasteiger partial charge in [0, 0.05) is 23.7 Å². The van der Waals surface area contributed by atoms with E-state index in [0.29, 0.717) is 17.8 Å². The summed E-state index contributed by atoms with van der Waals surface area (Å²) in [6, 6.07) is 10.9. The molecule has 0 radical (unpaired) electrons. The van der Waals surface area contributed by atoms with Crippen molar-refractivity contribution in [3.05, 3.63) is 53.6 Å². The van der Waals surface area contributed by atoms with Crippen LogP contribution in [0.15, 0.2) is 47.6 Å². The van der Waals surface area contributed by atoms with Gasteiger partial charge in [-0.1, -0.05) is 19.1 Å². The molecule has 3 N–H and O–H groups in total. The van der Waals surface area contributed by atoms with E-state index in [9.17, 15) is 18.0 Å². The Morgan fingerprint density at radius 2 is 1.80 bits per heavy atom. The molecule has 1 atom stereocenters. The summed E-state index contributed by atoms with van der Waals surface area (Å²) >= 11 is 0. The number of amides is 1. The Kier molecular flexibility index (Phi) is 7.40. The van der Waals surface area contributed by atoms with E-state index < -0.39 is 11.7 Å². The van der Waals surface area contributed by atoms with E-state index in [-0.39, 0.29) is 24.0 Å². The Morgan fingerprint density at radius 3 is 2.33 bits per heavy atom. The van der Waals surface area contributed by atoms with Crippen LogP contribution < -0.4 is 15.5 Å². The van der Waals surface area contributed by atoms with Crippen LogP contribution in [0.5, 0.6) is 5.75 Å². The van der Waals surface area contributed by atoms with Crippen molar-refractivity contribution in [3.63, 3.8) is 0 Å². The first-order valence-corrected chi connectivity index (χ1v) is 8.76. The Morgan fingerprint density at radius 1 is 1.20 bits per heavy atom. The third-order valence-corrected chi connectivity index (χ3v) is 4.23. The zero-order chi connectivity index (χ0) is 22.3. The zero-order valence-corrected chi connectivity index (χ0v) is 16.2. The number of hydrogen-bond acceptors (Lipinski definition) is 5. The van der Waals surface area contributed by atoms with Gasteiger partial charge >= 0.3 is 6.18 Å². The second-order valence-electron chi connectivity index (χ2n) is 6.36. The van der Waals surface area contributed by atoms with Gasteiger partial charge in [-0.15, -0.1) is 0 Å². The fourth-order valence-corrected chi connectivity index (χ4v) is 2.90. The summed E-state index contributed by atoms with van der Waals surface area (Å²) in [6.07, 6.45) is -4.14. The molecular weight excluding hydrogens is 403 g/mol. The molecule has 0 saturated heterocycles. The monoisotopic (exact) mass is 423 g/mol. The maximum Gasteiger partial charge on any atom is 0.420 e. The number of rotatable bonds is 4. The summed E-state index contributed by atoms with van der Waals surface area (Å²) in [7, 11) is 1.20. The standard InChI is InChI=1S/C19H18F3N3O2.CH2O2/c1-11-9-17(26)24-25-18(11)12-3-5-13(6-4-12)23-14-7-8-16(27-2)15(10-14)19(20,21)22;2-1-3/h3-8,10-11,23H,9H2,1-2H3,(H,24,26);1H,(H,2,3). The van der Waals surface area contributed by atoms with Crippen molar-refractivity contribution in [1.29, 1.82) is 0 Å². The Bertz CT molecular complexity index is 928. The van der Waals surface area contributed by atoms with Crippen molar-refractivity contribution in [2.24, 2.45) is 11.0 Å². The van der Waals surface area contributed by atoms with Gasteiger partial charge in [0.1, 0.15) is 5.75 Å². The molecule has 0 saturated carbocycles. The van der Waals surface area contributed by atoms with Gasteiger partial charge < -0.3 is 15.2 Å². The Hall–Kier alpha value is -3.56. The van der Waals surface area contributed by atoms with E-state index in [0.717, 1.165) is 17.3 Å². The first-order chi connectivity index (χ1) is 14.2. The summed E-state index contributed by atoms with van der Waals surface area (Å²) in [5.74, 6) is -0.354. The topological polar surface area (TPSA) is 100 Å². The van der Waals surface area contributed by atoms with Gasteiger partial charge in [-0.05, 0) is 35.9 Å². The number of hydrazone groups is 1. The molecular formula is C20H20F3N3O4. The van der Waals surface area contributed by atoms with Crippen molar-refractivity contribution >= 4 is 29.5 Å². The lowest BCUT2D eigenvalue weighted by atomic mass is 9.94. The lowest BCUT2D eigenvalue weighted by molar-refractivity contribution is -0.138. The van der Waals surface area contributed by atoms with E-state index in [1.54, 1.807) is 12.1 Å². The first-order valence-electron chi connectivity index (χ1n) is 8.76. The minimum atomic E-state index is -4.51. The fourth-order valence-electron chi connectivity index (χ4n) is 2.90. The zero-order valence-electron chi connectivity index (χ0n) is 16.2. The van der Waals surface area contributed by atoms with Gasteiger partial charge in [0.15, 0.2) is 0 Å². The third-order valence-electron chi connectivity index (χ3n) is 4.23. The number of ether oxygens (including phenoxy) is 1. The number of alkyl halides is 3. The van der Waals surface area contributed by atoms with Crippen LogP contribution >= 0.6 is 0 Å². The highest BCUT2D eigenvalue weighted by Gasteiger charge is 2.34. The maximum atomic E-state index is 13.1. The summed E-state index contributed by atoms with van der Waals surface area (Å²) in [5, 5.41) is 13.9. The van der Waals surface area contributed by atoms with Crippen LogP contribution in [0.1, 0.15) is 24.5 Å². The number of hydrogen-bond donors (Lipinski definition) is 3. The van der Waals surface area contributed by atoms with Crippen LogP contribution in [0.2, 0.25) is 0 Å². The SMILES string of the molecule is COc1ccc(Nc2ccc(C3=NNC(=O)CC3C)cc2)cc1C(F)(F)F.O=CO. The molecule has 0 bridgehead atoms. The normalized spacial score (nSPS) is 15.8. The molecule has 1 aliphatic heterocycles. The number of halogens is 3. The summed E-state index contributed by atoms with van der Waals surface area (Å²) < 4.78 is 44.2. The number of anilines is 2. The quantitative estimate of drug-likeness (QED) is 0.645. The number of methoxy groups -OCH3 is 1. The molecule has 160 valence electrons. The highest BCUT2D eigenvalue weighted by Crippen LogP contribution is 2.38. The molecule has 2 aromatic rings. The van der Waals surface area contributed by atoms with Crippen LogP contribution in [0, 0.1) is 5.92 Å². The molecule has 10 heteroatoms. The van der Waals surface area contributed by atoms with Gasteiger partial charge in [-0.2, -0.15) is 18.3 Å². The molecule has 1 heterocycles. The van der Waals surface area contributed by atoms with E-state index in [1.807, 2.05) is 19.1 Å². The minimum Gasteiger partial charge on any atom is -0.496 e. The summed E-state index contributed by atoms with van der Waals surface area (Å²) in [4.78, 5) is 19.7. The number of carbonyl (C=O) groups is 2. The van der Waals surface area contributed by atoms with Crippen molar-refractivity contribution in [2.75, 3.05) is 12.4 Å². The molecule has 0 aliphatic carbocycles. The highest BCUT2D eigenvalue weighted by molar-refractivity contribution is 6.05. The van der Waals surface area contributed by atoms with E-state index in [2.05, 4.69) is 15.8 Å². The van der Waals surface area contributed by atoms with Crippen LogP contribution in [0.4, 0.5) is 24.5 Å². The number of benzene rings is 2. The highest BCUT2D eigenvalue weighted by atomic mass is 19.4. The van der Waals surface area contributed by atoms with Gasteiger partial charge in [-0.3, -0.25) is 9.59 Å². The Balaban J connectivity index is 0.00000101. The van der Waals surface area contributed by atoms with Gasteiger partial charge in [-0.25, -0.2) is 5.43 Å². The average molecular weight is 423 g/mol. The van der Waals surface area contributed by atoms with Crippen molar-refractivity contribution in [3.8, 4) is 5.75 Å². The predicted octanol–water partition coefficient (Wildman–Crippen LogP) is 4.02. The number of nitrogens with one attached hydrogen (secondary N) is 2. The molecule has 7 nitrogen and oxygen atoms in total. The van der Waals surface area contributed by atoms with E-state index in [4.69, 9.17) is 14.6 Å². The average Bonchev–Trinajstić information content (AvgIpc) is 2.69. The van der Waals surface area contributed by atoms with Crippen LogP contribution in [0.3, 0.4) is 0 Å². The van der Waals surface area contributed by atoms with Crippen LogP contribution in [0.25, 0.3) is 0 Å². The van der Waals surface area contributed by atoms with Crippen molar-refractivity contribution < 1.29 is 32.6 Å². The molecule has 0 spiro atoms. The fraction of sp³-hybridized carbons (Fsp3) is 0.250. The van der Waals surface area contributed by atoms with Gasteiger partial charge in [0.2, 0.25) is 5.91 Å². The molecule has 1 unspecified atom stereocenters. The minimum absolute atomic E-state index is 0.00603. The van der Waals surface area contributed by atoms with E-state index in [1.165, 1.54) is 19.2 Å². The summed E-state index contributed by atoms with van der Waals surface area (Å²) in [5.41, 5.74) is 4.16. The molecule has 1 amide bonds. The lowest BCUT2D eigenvalue weighted by Crippen LogP contribution is -2.31. The number of carboxylic acid groups (broad SMARTS) is 1. The van der Waals surface area contributed by atoms with Gasteiger partial charge in [0.25, 0.3) is 6.47 Å². The second kappa shape index (κ2) is 9.77. The van der Waals surface area contributed by atoms with Gasteiger partial charge in [0.05, 0.1) is 18.4 Å². The number of nitrogens with zero attached hydrogens (tertiary/aromatic N) is 1.